The van der Waals surface area contributed by atoms with Gasteiger partial charge in [0, 0.05) is 7.05 Å². The highest BCUT2D eigenvalue weighted by atomic mass is 32.2. The van der Waals surface area contributed by atoms with Crippen molar-refractivity contribution in [1.82, 2.24) is 9.78 Å². The summed E-state index contributed by atoms with van der Waals surface area (Å²) >= 11 is 0. The molecule has 21 heavy (non-hydrogen) atoms. The third kappa shape index (κ3) is 2.87. The fraction of sp³-hybridized carbons (Fsp3) is 0.167. The minimum Gasteiger partial charge on any atom is -0.477 e. The van der Waals surface area contributed by atoms with Crippen LogP contribution in [0, 0.1) is 12.7 Å². The van der Waals surface area contributed by atoms with Crippen LogP contribution in [-0.2, 0) is 17.1 Å². The van der Waals surface area contributed by atoms with E-state index in [0.717, 1.165) is 23.0 Å². The molecule has 2 N–H and O–H groups in total. The van der Waals surface area contributed by atoms with Gasteiger partial charge in [0.15, 0.2) is 5.82 Å². The molecule has 0 aliphatic carbocycles. The van der Waals surface area contributed by atoms with Gasteiger partial charge in [0.2, 0.25) is 0 Å². The van der Waals surface area contributed by atoms with Gasteiger partial charge in [-0.1, -0.05) is 6.07 Å². The van der Waals surface area contributed by atoms with Gasteiger partial charge in [0.05, 0.1) is 6.20 Å². The first-order valence-corrected chi connectivity index (χ1v) is 7.25. The van der Waals surface area contributed by atoms with E-state index < -0.39 is 26.7 Å². The fourth-order valence-electron chi connectivity index (χ4n) is 1.71. The summed E-state index contributed by atoms with van der Waals surface area (Å²) in [7, 11) is -2.89. The van der Waals surface area contributed by atoms with Crippen LogP contribution in [0.5, 0.6) is 0 Å². The van der Waals surface area contributed by atoms with Crippen molar-refractivity contribution in [1.29, 1.82) is 0 Å². The van der Waals surface area contributed by atoms with Crippen LogP contribution in [0.3, 0.4) is 0 Å². The Morgan fingerprint density at radius 3 is 2.71 bits per heavy atom. The van der Waals surface area contributed by atoms with Gasteiger partial charge in [0.1, 0.15) is 16.3 Å². The second-order valence-corrected chi connectivity index (χ2v) is 6.03. The molecule has 0 fully saturated rings. The van der Waals surface area contributed by atoms with Crippen molar-refractivity contribution in [3.8, 4) is 0 Å². The molecule has 0 aliphatic rings. The lowest BCUT2D eigenvalue weighted by molar-refractivity contribution is 0.0698. The van der Waals surface area contributed by atoms with Crippen LogP contribution in [0.15, 0.2) is 29.3 Å². The monoisotopic (exact) mass is 313 g/mol. The predicted octanol–water partition coefficient (Wildman–Crippen LogP) is 1.37. The summed E-state index contributed by atoms with van der Waals surface area (Å²) in [4.78, 5) is 10.5. The number of carboxylic acids is 1. The van der Waals surface area contributed by atoms with Crippen LogP contribution in [-0.4, -0.2) is 29.3 Å². The number of aromatic carboxylic acids is 1. The molecule has 0 amide bonds. The molecule has 0 aliphatic heterocycles. The van der Waals surface area contributed by atoms with Crippen molar-refractivity contribution in [2.24, 2.45) is 7.05 Å². The normalized spacial score (nSPS) is 11.4. The predicted molar refractivity (Wildman–Crippen MR) is 72.1 cm³/mol. The van der Waals surface area contributed by atoms with Crippen molar-refractivity contribution in [3.05, 3.63) is 41.3 Å². The Morgan fingerprint density at radius 1 is 1.43 bits per heavy atom. The smallest absolute Gasteiger partial charge is 0.341 e. The zero-order valence-electron chi connectivity index (χ0n) is 11.2. The number of nitrogens with one attached hydrogen (secondary N) is 1. The fourth-order valence-corrected chi connectivity index (χ4v) is 2.99. The molecule has 2 rings (SSSR count). The molecule has 2 aromatic rings. The lowest BCUT2D eigenvalue weighted by atomic mass is 10.2. The number of carbonyl (C=O) groups is 1. The van der Waals surface area contributed by atoms with Gasteiger partial charge in [-0.2, -0.15) is 5.10 Å². The van der Waals surface area contributed by atoms with Gasteiger partial charge >= 0.3 is 5.97 Å². The molecule has 0 unspecified atom stereocenters. The highest BCUT2D eigenvalue weighted by molar-refractivity contribution is 7.92. The number of rotatable bonds is 4. The summed E-state index contributed by atoms with van der Waals surface area (Å²) in [5.41, 5.74) is 0.231. The molecule has 0 saturated carbocycles. The number of carboxylic acid groups (broad SMARTS) is 1. The summed E-state index contributed by atoms with van der Waals surface area (Å²) in [6, 6.07) is 3.63. The van der Waals surface area contributed by atoms with E-state index in [1.807, 2.05) is 0 Å². The molecular weight excluding hydrogens is 301 g/mol. The minimum absolute atomic E-state index is 0.247. The van der Waals surface area contributed by atoms with Crippen LogP contribution in [0.2, 0.25) is 0 Å². The Hall–Kier alpha value is -2.42. The molecule has 1 aromatic carbocycles. The van der Waals surface area contributed by atoms with E-state index in [-0.39, 0.29) is 11.4 Å². The number of aryl methyl sites for hydroxylation is 2. The van der Waals surface area contributed by atoms with Crippen LogP contribution < -0.4 is 4.72 Å². The van der Waals surface area contributed by atoms with Gasteiger partial charge in [0.25, 0.3) is 10.0 Å². The van der Waals surface area contributed by atoms with Crippen LogP contribution in [0.25, 0.3) is 0 Å². The lowest BCUT2D eigenvalue weighted by Gasteiger charge is -2.10. The molecule has 0 saturated heterocycles. The first-order valence-electron chi connectivity index (χ1n) is 5.76. The quantitative estimate of drug-likeness (QED) is 0.887. The number of nitrogens with zero attached hydrogens (tertiary/aromatic N) is 2. The maximum Gasteiger partial charge on any atom is 0.341 e. The third-order valence-electron chi connectivity index (χ3n) is 2.78. The van der Waals surface area contributed by atoms with Crippen molar-refractivity contribution in [3.63, 3.8) is 0 Å². The van der Waals surface area contributed by atoms with Crippen LogP contribution in [0.1, 0.15) is 15.9 Å². The van der Waals surface area contributed by atoms with Crippen molar-refractivity contribution < 1.29 is 22.7 Å². The Morgan fingerprint density at radius 2 is 2.10 bits per heavy atom. The first kappa shape index (κ1) is 15.0. The summed E-state index contributed by atoms with van der Waals surface area (Å²) < 4.78 is 41.2. The number of anilines is 1. The number of hydrogen-bond acceptors (Lipinski definition) is 4. The van der Waals surface area contributed by atoms with Gasteiger partial charge in [-0.05, 0) is 24.6 Å². The van der Waals surface area contributed by atoms with Gasteiger partial charge < -0.3 is 5.11 Å². The molecule has 1 heterocycles. The van der Waals surface area contributed by atoms with E-state index in [1.165, 1.54) is 13.1 Å². The van der Waals surface area contributed by atoms with Gasteiger partial charge in [-0.15, -0.1) is 0 Å². The van der Waals surface area contributed by atoms with E-state index in [2.05, 4.69) is 9.82 Å². The largest absolute Gasteiger partial charge is 0.477 e. The Kier molecular flexibility index (Phi) is 3.69. The second-order valence-electron chi connectivity index (χ2n) is 4.37. The molecule has 9 heteroatoms. The number of sulfonamides is 1. The zero-order chi connectivity index (χ0) is 15.8. The molecule has 0 bridgehead atoms. The van der Waals surface area contributed by atoms with Crippen LogP contribution in [0.4, 0.5) is 10.2 Å². The highest BCUT2D eigenvalue weighted by Gasteiger charge is 2.24. The van der Waals surface area contributed by atoms with Crippen molar-refractivity contribution in [2.75, 3.05) is 4.72 Å². The van der Waals surface area contributed by atoms with Crippen molar-refractivity contribution in [2.45, 2.75) is 11.8 Å². The number of aromatic nitrogens is 2. The second kappa shape index (κ2) is 5.17. The van der Waals surface area contributed by atoms with Gasteiger partial charge in [-0.3, -0.25) is 9.40 Å². The molecule has 1 aromatic heterocycles. The summed E-state index contributed by atoms with van der Waals surface area (Å²) in [6.45, 7) is 1.62. The molecule has 0 spiro atoms. The number of hydrogen-bond donors (Lipinski definition) is 2. The van der Waals surface area contributed by atoms with E-state index in [9.17, 15) is 17.6 Å². The number of benzene rings is 1. The maximum absolute atomic E-state index is 13.7. The highest BCUT2D eigenvalue weighted by Crippen LogP contribution is 2.22. The Balaban J connectivity index is 2.50. The van der Waals surface area contributed by atoms with E-state index >= 15 is 0 Å². The van der Waals surface area contributed by atoms with Gasteiger partial charge in [-0.25, -0.2) is 17.6 Å². The molecule has 0 atom stereocenters. The SMILES string of the molecule is Cc1ccc(F)c(S(=O)(=O)Nc2c(C(=O)O)cnn2C)c1. The molecule has 112 valence electrons. The average Bonchev–Trinajstić information content (AvgIpc) is 2.73. The van der Waals surface area contributed by atoms with E-state index in [4.69, 9.17) is 5.11 Å². The zero-order valence-corrected chi connectivity index (χ0v) is 12.0. The lowest BCUT2D eigenvalue weighted by Crippen LogP contribution is -2.18. The summed E-state index contributed by atoms with van der Waals surface area (Å²) in [5, 5.41) is 12.7. The molecule has 0 radical (unpaired) electrons. The standard InChI is InChI=1S/C12H12FN3O4S/c1-7-3-4-9(13)10(5-7)21(19,20)15-11-8(12(17)18)6-14-16(11)2/h3-6,15H,1-2H3,(H,17,18). The minimum atomic E-state index is -4.26. The summed E-state index contributed by atoms with van der Waals surface area (Å²) in [6.07, 6.45) is 1.01. The van der Waals surface area contributed by atoms with Crippen LogP contribution >= 0.6 is 0 Å². The molecule has 7 nitrogen and oxygen atoms in total. The molecular formula is C12H12FN3O4S. The Labute approximate surface area is 120 Å². The number of halogens is 1. The summed E-state index contributed by atoms with van der Waals surface area (Å²) in [5.74, 6) is -2.51. The third-order valence-corrected chi connectivity index (χ3v) is 4.13. The first-order chi connectivity index (χ1) is 9.72. The Bertz CT molecular complexity index is 814. The van der Waals surface area contributed by atoms with Crippen molar-refractivity contribution >= 4 is 21.8 Å². The maximum atomic E-state index is 13.7. The average molecular weight is 313 g/mol. The van der Waals surface area contributed by atoms with E-state index in [0.29, 0.717) is 5.56 Å². The topological polar surface area (TPSA) is 101 Å². The van der Waals surface area contributed by atoms with E-state index in [1.54, 1.807) is 6.92 Å².